The molecule has 3 saturated heterocycles. The van der Waals surface area contributed by atoms with E-state index in [0.29, 0.717) is 5.92 Å². The highest BCUT2D eigenvalue weighted by molar-refractivity contribution is 4.98. The fourth-order valence-electron chi connectivity index (χ4n) is 3.79. The van der Waals surface area contributed by atoms with Gasteiger partial charge in [-0.15, -0.1) is 0 Å². The Kier molecular flexibility index (Phi) is 1.74. The Balaban J connectivity index is 0.000000563. The summed E-state index contributed by atoms with van der Waals surface area (Å²) in [5.74, 6) is 0.666. The Bertz CT molecular complexity index is 203. The minimum atomic E-state index is 0. The Labute approximate surface area is 79.6 Å². The molecule has 3 aliphatic heterocycles. The molecule has 0 saturated carbocycles. The molecule has 0 aliphatic carbocycles. The van der Waals surface area contributed by atoms with Crippen molar-refractivity contribution < 1.29 is 22.0 Å². The molecule has 0 aromatic heterocycles. The average molecular weight is 190 g/mol. The summed E-state index contributed by atoms with van der Waals surface area (Å²) < 4.78 is 1.31. The standard InChI is InChI=1S/C9H16NO.ClH/c1-10-5-7-8(10)3-2-6(10)4-9(7)11;/h6-9,11H,2-5H2,1H3;1H/q+1;/p-1. The van der Waals surface area contributed by atoms with E-state index in [2.05, 4.69) is 7.05 Å². The lowest BCUT2D eigenvalue weighted by Crippen LogP contribution is -3.00. The Morgan fingerprint density at radius 1 is 1.33 bits per heavy atom. The molecule has 0 aromatic carbocycles. The van der Waals surface area contributed by atoms with Gasteiger partial charge in [-0.05, 0) is 0 Å². The molecule has 3 heterocycles. The highest BCUT2D eigenvalue weighted by Gasteiger charge is 2.65. The van der Waals surface area contributed by atoms with Crippen molar-refractivity contribution in [3.05, 3.63) is 0 Å². The van der Waals surface area contributed by atoms with E-state index < -0.39 is 0 Å². The molecule has 12 heavy (non-hydrogen) atoms. The monoisotopic (exact) mass is 189 g/mol. The van der Waals surface area contributed by atoms with Gasteiger partial charge >= 0.3 is 0 Å². The predicted molar refractivity (Wildman–Crippen MR) is 42.0 cm³/mol. The number of piperidine rings is 2. The molecule has 3 aliphatic rings. The van der Waals surface area contributed by atoms with Crippen molar-refractivity contribution in [2.24, 2.45) is 5.92 Å². The van der Waals surface area contributed by atoms with Crippen LogP contribution in [0, 0.1) is 5.92 Å². The summed E-state index contributed by atoms with van der Waals surface area (Å²) in [4.78, 5) is 0. The van der Waals surface area contributed by atoms with E-state index >= 15 is 0 Å². The number of hydrogen-bond donors (Lipinski definition) is 1. The van der Waals surface area contributed by atoms with E-state index in [1.54, 1.807) is 0 Å². The first-order valence-electron chi connectivity index (χ1n) is 4.75. The van der Waals surface area contributed by atoms with Gasteiger partial charge in [-0.1, -0.05) is 0 Å². The number of halogens is 1. The van der Waals surface area contributed by atoms with Crippen LogP contribution in [-0.4, -0.2) is 41.4 Å². The molecule has 3 fully saturated rings. The first-order valence-corrected chi connectivity index (χ1v) is 4.75. The number of aliphatic hydroxyl groups excluding tert-OH is 1. The van der Waals surface area contributed by atoms with Crippen LogP contribution in [0.2, 0.25) is 0 Å². The van der Waals surface area contributed by atoms with Crippen LogP contribution < -0.4 is 12.4 Å². The molecule has 5 atom stereocenters. The quantitative estimate of drug-likeness (QED) is 0.414. The second kappa shape index (κ2) is 2.37. The molecule has 0 aromatic rings. The molecular weight excluding hydrogens is 174 g/mol. The molecule has 0 radical (unpaired) electrons. The van der Waals surface area contributed by atoms with Gasteiger partial charge in [0, 0.05) is 19.3 Å². The maximum atomic E-state index is 9.70. The van der Waals surface area contributed by atoms with Crippen LogP contribution in [0.1, 0.15) is 19.3 Å². The van der Waals surface area contributed by atoms with Crippen LogP contribution in [0.4, 0.5) is 0 Å². The van der Waals surface area contributed by atoms with Gasteiger partial charge in [-0.25, -0.2) is 0 Å². The zero-order chi connectivity index (χ0) is 7.64. The summed E-state index contributed by atoms with van der Waals surface area (Å²) in [5.41, 5.74) is 0. The number of rotatable bonds is 0. The van der Waals surface area contributed by atoms with Crippen LogP contribution in [0.25, 0.3) is 0 Å². The second-order valence-corrected chi connectivity index (χ2v) is 4.79. The number of nitrogens with zero attached hydrogens (tertiary/aromatic N) is 1. The second-order valence-electron chi connectivity index (χ2n) is 4.79. The highest BCUT2D eigenvalue weighted by Crippen LogP contribution is 2.52. The summed E-state index contributed by atoms with van der Waals surface area (Å²) in [7, 11) is 2.38. The molecule has 2 nitrogen and oxygen atoms in total. The first-order chi connectivity index (χ1) is 5.22. The van der Waals surface area contributed by atoms with E-state index in [1.165, 1.54) is 23.9 Å². The van der Waals surface area contributed by atoms with Crippen molar-refractivity contribution in [1.82, 2.24) is 0 Å². The van der Waals surface area contributed by atoms with Crippen LogP contribution in [0.15, 0.2) is 0 Å². The summed E-state index contributed by atoms with van der Waals surface area (Å²) in [6.45, 7) is 1.26. The number of aliphatic hydroxyl groups is 1. The van der Waals surface area contributed by atoms with Gasteiger partial charge in [-0.2, -0.15) is 0 Å². The smallest absolute Gasteiger partial charge is 0.100 e. The van der Waals surface area contributed by atoms with Crippen LogP contribution in [0.5, 0.6) is 0 Å². The number of fused-ring (bicyclic) bond motifs is 2. The van der Waals surface area contributed by atoms with Crippen molar-refractivity contribution in [2.45, 2.75) is 37.5 Å². The minimum absolute atomic E-state index is 0. The first kappa shape index (κ1) is 8.79. The molecule has 0 amide bonds. The van der Waals surface area contributed by atoms with Crippen LogP contribution in [-0.2, 0) is 0 Å². The lowest BCUT2D eigenvalue weighted by Gasteiger charge is -2.59. The normalized spacial score (nSPS) is 60.5. The van der Waals surface area contributed by atoms with Crippen LogP contribution in [0.3, 0.4) is 0 Å². The molecule has 3 rings (SSSR count). The minimum Gasteiger partial charge on any atom is -1.00 e. The van der Waals surface area contributed by atoms with Gasteiger partial charge < -0.3 is 22.0 Å². The van der Waals surface area contributed by atoms with E-state index in [0.717, 1.165) is 18.5 Å². The van der Waals surface area contributed by atoms with Gasteiger partial charge in [0.2, 0.25) is 0 Å². The van der Waals surface area contributed by atoms with Crippen molar-refractivity contribution in [3.8, 4) is 0 Å². The fraction of sp³-hybridized carbons (Fsp3) is 1.00. The Morgan fingerprint density at radius 3 is 2.75 bits per heavy atom. The van der Waals surface area contributed by atoms with Crippen molar-refractivity contribution >= 4 is 0 Å². The number of hydrogen-bond acceptors (Lipinski definition) is 1. The van der Waals surface area contributed by atoms with Crippen LogP contribution >= 0.6 is 0 Å². The van der Waals surface area contributed by atoms with Crippen molar-refractivity contribution in [2.75, 3.05) is 13.6 Å². The highest BCUT2D eigenvalue weighted by atomic mass is 35.5. The molecule has 0 spiro atoms. The summed E-state index contributed by atoms with van der Waals surface area (Å²) in [5, 5.41) is 9.70. The van der Waals surface area contributed by atoms with E-state index in [4.69, 9.17) is 0 Å². The summed E-state index contributed by atoms with van der Waals surface area (Å²) in [6.07, 6.45) is 3.88. The molecule has 70 valence electrons. The van der Waals surface area contributed by atoms with Gasteiger partial charge in [0.15, 0.2) is 0 Å². The Hall–Kier alpha value is 0.210. The lowest BCUT2D eigenvalue weighted by molar-refractivity contribution is -1.00. The van der Waals surface area contributed by atoms with Gasteiger partial charge in [0.05, 0.1) is 31.7 Å². The predicted octanol–water partition coefficient (Wildman–Crippen LogP) is -2.64. The van der Waals surface area contributed by atoms with Gasteiger partial charge in [0.1, 0.15) is 6.04 Å². The molecular formula is C9H16ClNO. The largest absolute Gasteiger partial charge is 1.00 e. The number of quaternary nitrogens is 1. The molecule has 3 heteroatoms. The average Bonchev–Trinajstić information content (AvgIpc) is 2.14. The molecule has 5 unspecified atom stereocenters. The molecule has 1 N–H and O–H groups in total. The summed E-state index contributed by atoms with van der Waals surface area (Å²) in [6, 6.07) is 1.64. The lowest BCUT2D eigenvalue weighted by atomic mass is 9.76. The van der Waals surface area contributed by atoms with E-state index in [9.17, 15) is 5.11 Å². The third-order valence-electron chi connectivity index (χ3n) is 4.49. The fourth-order valence-corrected chi connectivity index (χ4v) is 3.79. The van der Waals surface area contributed by atoms with E-state index in [1.807, 2.05) is 0 Å². The van der Waals surface area contributed by atoms with Crippen molar-refractivity contribution in [1.29, 1.82) is 0 Å². The third-order valence-corrected chi connectivity index (χ3v) is 4.49. The van der Waals surface area contributed by atoms with E-state index in [-0.39, 0.29) is 18.5 Å². The van der Waals surface area contributed by atoms with Gasteiger partial charge in [0.25, 0.3) is 0 Å². The SMILES string of the molecule is C[N+]12CC3C(O)CC1CCC32.[Cl-]. The summed E-state index contributed by atoms with van der Waals surface area (Å²) >= 11 is 0. The zero-order valence-corrected chi connectivity index (χ0v) is 8.17. The molecule has 2 bridgehead atoms. The maximum Gasteiger partial charge on any atom is 0.100 e. The topological polar surface area (TPSA) is 20.2 Å². The maximum absolute atomic E-state index is 9.70. The van der Waals surface area contributed by atoms with Crippen molar-refractivity contribution in [3.63, 3.8) is 0 Å². The Morgan fingerprint density at radius 2 is 2.08 bits per heavy atom. The zero-order valence-electron chi connectivity index (χ0n) is 7.41. The van der Waals surface area contributed by atoms with Gasteiger partial charge in [-0.3, -0.25) is 0 Å². The third kappa shape index (κ3) is 0.740.